The van der Waals surface area contributed by atoms with E-state index in [2.05, 4.69) is 9.47 Å². The number of halogens is 4. The lowest BCUT2D eigenvalue weighted by Crippen LogP contribution is -2.11. The highest BCUT2D eigenvalue weighted by Gasteiger charge is 2.23. The third-order valence-electron chi connectivity index (χ3n) is 2.13. The molecule has 0 radical (unpaired) electrons. The number of hydrogen-bond donors (Lipinski definition) is 0. The summed E-state index contributed by atoms with van der Waals surface area (Å²) in [4.78, 5) is 11.3. The molecule has 0 aliphatic carbocycles. The van der Waals surface area contributed by atoms with Gasteiger partial charge < -0.3 is 9.47 Å². The third-order valence-corrected chi connectivity index (χ3v) is 2.13. The minimum atomic E-state index is -3.27. The highest BCUT2D eigenvalue weighted by Crippen LogP contribution is 2.31. The van der Waals surface area contributed by atoms with Gasteiger partial charge in [0.2, 0.25) is 0 Å². The maximum Gasteiger partial charge on any atom is 0.387 e. The molecule has 0 saturated carbocycles. The SMILES string of the molecule is COC(=O)c1cc(C(F)F)c(C#N)cc1OC(F)F. The first kappa shape index (κ1) is 14.8. The van der Waals surface area contributed by atoms with Crippen LogP contribution in [-0.4, -0.2) is 19.7 Å². The lowest BCUT2D eigenvalue weighted by atomic mass is 10.0. The summed E-state index contributed by atoms with van der Waals surface area (Å²) in [5.74, 6) is -1.81. The molecule has 8 heteroatoms. The quantitative estimate of drug-likeness (QED) is 0.627. The maximum absolute atomic E-state index is 12.7. The normalized spacial score (nSPS) is 10.4. The minimum absolute atomic E-state index is 0.557. The van der Waals surface area contributed by atoms with Gasteiger partial charge in [0.15, 0.2) is 0 Å². The monoisotopic (exact) mass is 277 g/mol. The second-order valence-corrected chi connectivity index (χ2v) is 3.22. The van der Waals surface area contributed by atoms with Crippen molar-refractivity contribution in [2.75, 3.05) is 7.11 Å². The molecule has 0 aliphatic rings. The molecule has 0 spiro atoms. The fourth-order valence-electron chi connectivity index (χ4n) is 1.34. The van der Waals surface area contributed by atoms with Crippen LogP contribution >= 0.6 is 0 Å². The van der Waals surface area contributed by atoms with Gasteiger partial charge in [-0.15, -0.1) is 0 Å². The zero-order chi connectivity index (χ0) is 14.6. The number of rotatable bonds is 4. The number of methoxy groups -OCH3 is 1. The molecule has 0 bridgehead atoms. The number of hydrogen-bond acceptors (Lipinski definition) is 4. The van der Waals surface area contributed by atoms with Crippen molar-refractivity contribution in [2.24, 2.45) is 0 Å². The Morgan fingerprint density at radius 2 is 1.95 bits per heavy atom. The largest absolute Gasteiger partial charge is 0.465 e. The van der Waals surface area contributed by atoms with Crippen LogP contribution in [0.4, 0.5) is 17.6 Å². The van der Waals surface area contributed by atoms with Crippen LogP contribution in [0.5, 0.6) is 5.75 Å². The van der Waals surface area contributed by atoms with Crippen molar-refractivity contribution in [2.45, 2.75) is 13.0 Å². The van der Waals surface area contributed by atoms with E-state index < -0.39 is 41.4 Å². The molecule has 0 amide bonds. The van der Waals surface area contributed by atoms with Crippen molar-refractivity contribution in [1.82, 2.24) is 0 Å². The van der Waals surface area contributed by atoms with E-state index in [0.717, 1.165) is 7.11 Å². The van der Waals surface area contributed by atoms with Crippen LogP contribution in [0, 0.1) is 11.3 Å². The molecule has 0 atom stereocenters. The predicted octanol–water partition coefficient (Wildman–Crippen LogP) is 2.88. The molecule has 0 unspecified atom stereocenters. The second kappa shape index (κ2) is 6.04. The van der Waals surface area contributed by atoms with Gasteiger partial charge in [0.25, 0.3) is 6.43 Å². The van der Waals surface area contributed by atoms with Crippen molar-refractivity contribution in [3.8, 4) is 11.8 Å². The number of nitrogens with zero attached hydrogens (tertiary/aromatic N) is 1. The van der Waals surface area contributed by atoms with Gasteiger partial charge in [0.05, 0.1) is 18.7 Å². The molecular formula is C11H7F4NO3. The summed E-state index contributed by atoms with van der Waals surface area (Å²) in [7, 11) is 0.953. The van der Waals surface area contributed by atoms with Gasteiger partial charge in [-0.25, -0.2) is 13.6 Å². The molecule has 0 aromatic heterocycles. The standard InChI is InChI=1S/C11H7F4NO3/c1-18-10(17)7-3-6(9(12)13)5(4-16)2-8(7)19-11(14)15/h2-3,9,11H,1H3. The Balaban J connectivity index is 3.44. The van der Waals surface area contributed by atoms with Gasteiger partial charge in [-0.1, -0.05) is 0 Å². The Morgan fingerprint density at radius 3 is 2.37 bits per heavy atom. The summed E-state index contributed by atoms with van der Waals surface area (Å²) in [6.07, 6.45) is -3.04. The Kier molecular flexibility index (Phi) is 4.69. The van der Waals surface area contributed by atoms with Crippen LogP contribution in [0.2, 0.25) is 0 Å². The van der Waals surface area contributed by atoms with Gasteiger partial charge in [-0.05, 0) is 12.1 Å². The van der Waals surface area contributed by atoms with Gasteiger partial charge in [-0.3, -0.25) is 0 Å². The average Bonchev–Trinajstić information content (AvgIpc) is 2.36. The Bertz CT molecular complexity index is 525. The van der Waals surface area contributed by atoms with Crippen molar-refractivity contribution >= 4 is 5.97 Å². The van der Waals surface area contributed by atoms with E-state index in [1.165, 1.54) is 6.07 Å². The van der Waals surface area contributed by atoms with E-state index in [-0.39, 0.29) is 0 Å². The highest BCUT2D eigenvalue weighted by atomic mass is 19.3. The lowest BCUT2D eigenvalue weighted by molar-refractivity contribution is -0.0504. The van der Waals surface area contributed by atoms with Crippen molar-refractivity contribution in [3.63, 3.8) is 0 Å². The van der Waals surface area contributed by atoms with Gasteiger partial charge in [-0.2, -0.15) is 14.0 Å². The van der Waals surface area contributed by atoms with Crippen molar-refractivity contribution in [1.29, 1.82) is 5.26 Å². The zero-order valence-corrected chi connectivity index (χ0v) is 9.49. The molecule has 4 nitrogen and oxygen atoms in total. The predicted molar refractivity (Wildman–Crippen MR) is 54.1 cm³/mol. The summed E-state index contributed by atoms with van der Waals surface area (Å²) < 4.78 is 57.9. The van der Waals surface area contributed by atoms with E-state index in [1.54, 1.807) is 0 Å². The van der Waals surface area contributed by atoms with Crippen LogP contribution in [0.3, 0.4) is 0 Å². The molecule has 0 fully saturated rings. The van der Waals surface area contributed by atoms with Crippen LogP contribution < -0.4 is 4.74 Å². The van der Waals surface area contributed by atoms with Crippen LogP contribution in [0.25, 0.3) is 0 Å². The maximum atomic E-state index is 12.7. The summed E-state index contributed by atoms with van der Waals surface area (Å²) in [5.41, 5.74) is -1.92. The van der Waals surface area contributed by atoms with E-state index in [4.69, 9.17) is 5.26 Å². The molecule has 1 rings (SSSR count). The van der Waals surface area contributed by atoms with Crippen molar-refractivity contribution < 1.29 is 31.8 Å². The Labute approximate surface area is 105 Å². The minimum Gasteiger partial charge on any atom is -0.465 e. The first-order chi connectivity index (χ1) is 8.90. The van der Waals surface area contributed by atoms with Gasteiger partial charge in [0, 0.05) is 5.56 Å². The van der Waals surface area contributed by atoms with Crippen LogP contribution in [0.15, 0.2) is 12.1 Å². The topological polar surface area (TPSA) is 59.3 Å². The smallest absolute Gasteiger partial charge is 0.387 e. The number of alkyl halides is 4. The average molecular weight is 277 g/mol. The third kappa shape index (κ3) is 3.34. The molecule has 0 heterocycles. The molecule has 102 valence electrons. The second-order valence-electron chi connectivity index (χ2n) is 3.22. The molecule has 0 N–H and O–H groups in total. The summed E-state index contributed by atoms with van der Waals surface area (Å²) in [5, 5.41) is 8.67. The first-order valence-corrected chi connectivity index (χ1v) is 4.80. The fraction of sp³-hybridized carbons (Fsp3) is 0.273. The number of benzene rings is 1. The Morgan fingerprint density at radius 1 is 1.32 bits per heavy atom. The van der Waals surface area contributed by atoms with Gasteiger partial charge in [0.1, 0.15) is 11.3 Å². The molecule has 0 saturated heterocycles. The number of carbonyl (C=O) groups excluding carboxylic acids is 1. The number of esters is 1. The number of carbonyl (C=O) groups is 1. The molecule has 0 aliphatic heterocycles. The molecule has 1 aromatic rings. The summed E-state index contributed by atoms with van der Waals surface area (Å²) in [6.45, 7) is -3.27. The van der Waals surface area contributed by atoms with E-state index >= 15 is 0 Å². The summed E-state index contributed by atoms with van der Waals surface area (Å²) >= 11 is 0. The summed E-state index contributed by atoms with van der Waals surface area (Å²) in [6, 6.07) is 2.67. The first-order valence-electron chi connectivity index (χ1n) is 4.80. The highest BCUT2D eigenvalue weighted by molar-refractivity contribution is 5.93. The fourth-order valence-corrected chi connectivity index (χ4v) is 1.34. The zero-order valence-electron chi connectivity index (χ0n) is 9.49. The Hall–Kier alpha value is -2.30. The van der Waals surface area contributed by atoms with E-state index in [9.17, 15) is 22.4 Å². The molecular weight excluding hydrogens is 270 g/mol. The lowest BCUT2D eigenvalue weighted by Gasteiger charge is -2.12. The van der Waals surface area contributed by atoms with Crippen LogP contribution in [-0.2, 0) is 4.74 Å². The van der Waals surface area contributed by atoms with E-state index in [0.29, 0.717) is 12.1 Å². The van der Waals surface area contributed by atoms with Crippen LogP contribution in [0.1, 0.15) is 27.9 Å². The molecule has 1 aromatic carbocycles. The number of ether oxygens (including phenoxy) is 2. The van der Waals surface area contributed by atoms with Gasteiger partial charge >= 0.3 is 12.6 Å². The molecule has 19 heavy (non-hydrogen) atoms. The van der Waals surface area contributed by atoms with Crippen molar-refractivity contribution in [3.05, 3.63) is 28.8 Å². The number of nitriles is 1. The van der Waals surface area contributed by atoms with E-state index in [1.807, 2.05) is 0 Å².